The van der Waals surface area contributed by atoms with Crippen LogP contribution >= 0.6 is 0 Å². The lowest BCUT2D eigenvalue weighted by atomic mass is 10.3. The zero-order valence-corrected chi connectivity index (χ0v) is 6.97. The molecule has 13 heavy (non-hydrogen) atoms. The van der Waals surface area contributed by atoms with Gasteiger partial charge in [0.05, 0.1) is 11.4 Å². The summed E-state index contributed by atoms with van der Waals surface area (Å²) in [5.74, 6) is -0.595. The molecular weight excluding hydrogens is 179 g/mol. The summed E-state index contributed by atoms with van der Waals surface area (Å²) in [5, 5.41) is 0. The molecule has 0 unspecified atom stereocenters. The van der Waals surface area contributed by atoms with Crippen molar-refractivity contribution in [2.45, 2.75) is 13.3 Å². The second-order valence-electron chi connectivity index (χ2n) is 2.51. The number of alkyl halides is 2. The van der Waals surface area contributed by atoms with Crippen molar-refractivity contribution in [2.75, 3.05) is 0 Å². The molecule has 0 amide bonds. The molecule has 0 bridgehead atoms. The Balaban J connectivity index is 2.97. The van der Waals surface area contributed by atoms with Crippen molar-refractivity contribution in [2.24, 2.45) is 4.99 Å². The van der Waals surface area contributed by atoms with Crippen LogP contribution in [0.3, 0.4) is 0 Å². The Morgan fingerprint density at radius 3 is 2.46 bits per heavy atom. The van der Waals surface area contributed by atoms with E-state index in [1.807, 2.05) is 0 Å². The van der Waals surface area contributed by atoms with Gasteiger partial charge >= 0.3 is 0 Å². The third-order valence-electron chi connectivity index (χ3n) is 1.47. The van der Waals surface area contributed by atoms with Crippen LogP contribution in [0.4, 0.5) is 18.9 Å². The van der Waals surface area contributed by atoms with Crippen molar-refractivity contribution in [3.63, 3.8) is 0 Å². The van der Waals surface area contributed by atoms with Gasteiger partial charge in [0.25, 0.3) is 6.43 Å². The van der Waals surface area contributed by atoms with Gasteiger partial charge in [0.2, 0.25) is 0 Å². The summed E-state index contributed by atoms with van der Waals surface area (Å²) in [6.07, 6.45) is -2.64. The standard InChI is InChI=1S/C9H8F3N/c1-6(9(11)12)13-8-5-3-2-4-7(8)10/h2-5,9H,1H3. The summed E-state index contributed by atoms with van der Waals surface area (Å²) in [4.78, 5) is 3.45. The normalized spacial score (nSPS) is 12.2. The highest BCUT2D eigenvalue weighted by Gasteiger charge is 2.07. The van der Waals surface area contributed by atoms with Crippen molar-refractivity contribution in [1.29, 1.82) is 0 Å². The van der Waals surface area contributed by atoms with Crippen LogP contribution in [0, 0.1) is 5.82 Å². The van der Waals surface area contributed by atoms with E-state index in [1.54, 1.807) is 6.07 Å². The monoisotopic (exact) mass is 187 g/mol. The molecule has 0 atom stereocenters. The quantitative estimate of drug-likeness (QED) is 0.630. The topological polar surface area (TPSA) is 12.4 Å². The van der Waals surface area contributed by atoms with E-state index in [9.17, 15) is 13.2 Å². The molecule has 0 heterocycles. The van der Waals surface area contributed by atoms with Gasteiger partial charge in [-0.1, -0.05) is 12.1 Å². The average molecular weight is 187 g/mol. The molecule has 0 fully saturated rings. The molecule has 0 aliphatic heterocycles. The fourth-order valence-corrected chi connectivity index (χ4v) is 0.781. The van der Waals surface area contributed by atoms with Crippen molar-refractivity contribution >= 4 is 11.4 Å². The third kappa shape index (κ3) is 2.57. The minimum atomic E-state index is -2.64. The number of aliphatic imine (C=N–C) groups is 1. The van der Waals surface area contributed by atoms with Crippen molar-refractivity contribution in [3.8, 4) is 0 Å². The van der Waals surface area contributed by atoms with Crippen LogP contribution in [0.5, 0.6) is 0 Å². The van der Waals surface area contributed by atoms with E-state index in [2.05, 4.69) is 4.99 Å². The van der Waals surface area contributed by atoms with E-state index >= 15 is 0 Å². The zero-order chi connectivity index (χ0) is 9.84. The second kappa shape index (κ2) is 4.07. The molecule has 0 aliphatic rings. The molecule has 0 N–H and O–H groups in total. The molecule has 0 radical (unpaired) electrons. The van der Waals surface area contributed by atoms with Gasteiger partial charge in [-0.15, -0.1) is 0 Å². The SMILES string of the molecule is CC(=Nc1ccccc1F)C(F)F. The lowest BCUT2D eigenvalue weighted by molar-refractivity contribution is 0.225. The van der Waals surface area contributed by atoms with Crippen LogP contribution in [-0.4, -0.2) is 12.1 Å². The summed E-state index contributed by atoms with van der Waals surface area (Å²) in [6, 6.07) is 5.55. The van der Waals surface area contributed by atoms with Crippen LogP contribution in [0.25, 0.3) is 0 Å². The van der Waals surface area contributed by atoms with Gasteiger partial charge in [0.15, 0.2) is 0 Å². The second-order valence-corrected chi connectivity index (χ2v) is 2.51. The van der Waals surface area contributed by atoms with Crippen molar-refractivity contribution < 1.29 is 13.2 Å². The predicted octanol–water partition coefficient (Wildman–Crippen LogP) is 3.18. The highest BCUT2D eigenvalue weighted by atomic mass is 19.3. The molecule has 1 aromatic carbocycles. The van der Waals surface area contributed by atoms with E-state index in [-0.39, 0.29) is 11.4 Å². The van der Waals surface area contributed by atoms with E-state index in [0.717, 1.165) is 6.92 Å². The smallest absolute Gasteiger partial charge is 0.249 e. The maximum Gasteiger partial charge on any atom is 0.276 e. The molecule has 1 rings (SSSR count). The molecule has 0 aromatic heterocycles. The predicted molar refractivity (Wildman–Crippen MR) is 45.2 cm³/mol. The number of benzene rings is 1. The van der Waals surface area contributed by atoms with E-state index in [0.29, 0.717) is 0 Å². The number of nitrogens with zero attached hydrogens (tertiary/aromatic N) is 1. The molecule has 1 aromatic rings. The minimum absolute atomic E-state index is 0.0553. The van der Waals surface area contributed by atoms with Gasteiger partial charge < -0.3 is 0 Å². The molecule has 1 nitrogen and oxygen atoms in total. The number of rotatable bonds is 2. The molecule has 0 aliphatic carbocycles. The Morgan fingerprint density at radius 2 is 1.92 bits per heavy atom. The van der Waals surface area contributed by atoms with Gasteiger partial charge in [0, 0.05) is 0 Å². The summed E-state index contributed by atoms with van der Waals surface area (Å²) in [7, 11) is 0. The third-order valence-corrected chi connectivity index (χ3v) is 1.47. The van der Waals surface area contributed by atoms with E-state index < -0.39 is 12.2 Å². The maximum absolute atomic E-state index is 12.9. The first-order chi connectivity index (χ1) is 6.11. The summed E-state index contributed by atoms with van der Waals surface area (Å²) in [6.45, 7) is 1.16. The summed E-state index contributed by atoms with van der Waals surface area (Å²) >= 11 is 0. The first-order valence-electron chi connectivity index (χ1n) is 3.69. The number of hydrogen-bond donors (Lipinski definition) is 0. The fraction of sp³-hybridized carbons (Fsp3) is 0.222. The number of para-hydroxylation sites is 1. The van der Waals surface area contributed by atoms with Gasteiger partial charge in [-0.25, -0.2) is 18.2 Å². The van der Waals surface area contributed by atoms with Crippen LogP contribution in [0.1, 0.15) is 6.92 Å². The lowest BCUT2D eigenvalue weighted by Gasteiger charge is -1.99. The first-order valence-corrected chi connectivity index (χ1v) is 3.69. The Bertz CT molecular complexity index is 320. The van der Waals surface area contributed by atoms with Crippen molar-refractivity contribution in [1.82, 2.24) is 0 Å². The number of halogens is 3. The lowest BCUT2D eigenvalue weighted by Crippen LogP contribution is -2.04. The van der Waals surface area contributed by atoms with Crippen LogP contribution in [0.15, 0.2) is 29.3 Å². The largest absolute Gasteiger partial charge is 0.276 e. The van der Waals surface area contributed by atoms with Gasteiger partial charge in [-0.2, -0.15) is 0 Å². The summed E-state index contributed by atoms with van der Waals surface area (Å²) < 4.78 is 36.8. The van der Waals surface area contributed by atoms with Gasteiger partial charge in [0.1, 0.15) is 5.82 Å². The van der Waals surface area contributed by atoms with Gasteiger partial charge in [-0.05, 0) is 19.1 Å². The molecule has 4 heteroatoms. The fourth-order valence-electron chi connectivity index (χ4n) is 0.781. The molecular formula is C9H8F3N. The molecule has 0 spiro atoms. The molecule has 70 valence electrons. The average Bonchev–Trinajstić information content (AvgIpc) is 2.08. The van der Waals surface area contributed by atoms with Gasteiger partial charge in [-0.3, -0.25) is 0 Å². The molecule has 0 saturated carbocycles. The van der Waals surface area contributed by atoms with Crippen LogP contribution < -0.4 is 0 Å². The Labute approximate surface area is 73.9 Å². The number of hydrogen-bond acceptors (Lipinski definition) is 1. The van der Waals surface area contributed by atoms with E-state index in [1.165, 1.54) is 18.2 Å². The van der Waals surface area contributed by atoms with E-state index in [4.69, 9.17) is 0 Å². The Morgan fingerprint density at radius 1 is 1.31 bits per heavy atom. The highest BCUT2D eigenvalue weighted by Crippen LogP contribution is 2.17. The maximum atomic E-state index is 12.9. The van der Waals surface area contributed by atoms with Crippen LogP contribution in [0.2, 0.25) is 0 Å². The molecule has 0 saturated heterocycles. The van der Waals surface area contributed by atoms with Crippen LogP contribution in [-0.2, 0) is 0 Å². The minimum Gasteiger partial charge on any atom is -0.249 e. The van der Waals surface area contributed by atoms with Crippen molar-refractivity contribution in [3.05, 3.63) is 30.1 Å². The first kappa shape index (κ1) is 9.77. The highest BCUT2D eigenvalue weighted by molar-refractivity contribution is 5.87. The Hall–Kier alpha value is -1.32. The summed E-state index contributed by atoms with van der Waals surface area (Å²) in [5.41, 5.74) is -0.439. The zero-order valence-electron chi connectivity index (χ0n) is 6.97. The Kier molecular flexibility index (Phi) is 3.06.